The zero-order valence-electron chi connectivity index (χ0n) is 10.2. The van der Waals surface area contributed by atoms with E-state index in [1.54, 1.807) is 0 Å². The van der Waals surface area contributed by atoms with Crippen LogP contribution in [0.15, 0.2) is 11.0 Å². The van der Waals surface area contributed by atoms with Crippen molar-refractivity contribution in [1.82, 2.24) is 0 Å². The van der Waals surface area contributed by atoms with Gasteiger partial charge in [-0.1, -0.05) is 0 Å². The van der Waals surface area contributed by atoms with Crippen LogP contribution in [0.5, 0.6) is 0 Å². The van der Waals surface area contributed by atoms with E-state index in [2.05, 4.69) is 33.1 Å². The lowest BCUT2D eigenvalue weighted by Gasteiger charge is -2.08. The van der Waals surface area contributed by atoms with Crippen LogP contribution in [-0.4, -0.2) is 30.0 Å². The number of alkyl halides is 3. The van der Waals surface area contributed by atoms with Crippen LogP contribution >= 0.6 is 0 Å². The van der Waals surface area contributed by atoms with Crippen LogP contribution in [0, 0.1) is 0 Å². The van der Waals surface area contributed by atoms with E-state index in [1.165, 1.54) is 17.1 Å². The lowest BCUT2D eigenvalue weighted by molar-refractivity contribution is -0.0517. The summed E-state index contributed by atoms with van der Waals surface area (Å²) in [5.74, 6) is 2.61. The van der Waals surface area contributed by atoms with Gasteiger partial charge in [-0.15, -0.1) is 0 Å². The number of hydrogen-bond donors (Lipinski definition) is 0. The Morgan fingerprint density at radius 1 is 1.24 bits per heavy atom. The fraction of sp³-hybridized carbons (Fsp3) is 0.778. The van der Waals surface area contributed by atoms with E-state index in [-0.39, 0.29) is 0 Å². The Morgan fingerprint density at radius 3 is 1.59 bits per heavy atom. The SMILES string of the molecule is CC[S+](C=C(C)C)CC.O=S(=O)([O-])C(F)(F)F. The first-order valence-electron chi connectivity index (χ1n) is 4.79. The molecule has 0 aromatic heterocycles. The van der Waals surface area contributed by atoms with Gasteiger partial charge in [0.15, 0.2) is 10.1 Å². The van der Waals surface area contributed by atoms with Gasteiger partial charge in [0.05, 0.1) is 0 Å². The molecule has 0 aromatic rings. The summed E-state index contributed by atoms with van der Waals surface area (Å²) in [7, 11) is -5.52. The summed E-state index contributed by atoms with van der Waals surface area (Å²) in [6.45, 7) is 8.86. The molecule has 0 aliphatic heterocycles. The summed E-state index contributed by atoms with van der Waals surface area (Å²) >= 11 is 0. The topological polar surface area (TPSA) is 57.2 Å². The maximum Gasteiger partial charge on any atom is 0.485 e. The number of rotatable bonds is 3. The van der Waals surface area contributed by atoms with Gasteiger partial charge in [0.2, 0.25) is 0 Å². The van der Waals surface area contributed by atoms with Crippen LogP contribution in [0.4, 0.5) is 13.2 Å². The minimum atomic E-state index is -6.09. The highest BCUT2D eigenvalue weighted by Crippen LogP contribution is 2.20. The van der Waals surface area contributed by atoms with Crippen molar-refractivity contribution in [2.75, 3.05) is 11.5 Å². The third-order valence-electron chi connectivity index (χ3n) is 1.43. The maximum atomic E-state index is 10.7. The minimum Gasteiger partial charge on any atom is -0.741 e. The van der Waals surface area contributed by atoms with Crippen molar-refractivity contribution in [2.45, 2.75) is 33.2 Å². The summed E-state index contributed by atoms with van der Waals surface area (Å²) in [5.41, 5.74) is -4.19. The molecule has 0 atom stereocenters. The highest BCUT2D eigenvalue weighted by Gasteiger charge is 2.36. The van der Waals surface area contributed by atoms with Crippen LogP contribution < -0.4 is 0 Å². The summed E-state index contributed by atoms with van der Waals surface area (Å²) in [4.78, 5) is 0. The third kappa shape index (κ3) is 10.7. The molecule has 3 nitrogen and oxygen atoms in total. The van der Waals surface area contributed by atoms with Crippen molar-refractivity contribution in [3.63, 3.8) is 0 Å². The van der Waals surface area contributed by atoms with Gasteiger partial charge in [0.25, 0.3) is 0 Å². The highest BCUT2D eigenvalue weighted by molar-refractivity contribution is 7.99. The molecule has 0 aliphatic rings. The zero-order chi connectivity index (χ0) is 14.3. The van der Waals surface area contributed by atoms with Crippen molar-refractivity contribution < 1.29 is 26.1 Å². The fourth-order valence-corrected chi connectivity index (χ4v) is 2.11. The van der Waals surface area contributed by atoms with Crippen LogP contribution in [0.2, 0.25) is 0 Å². The molecule has 0 amide bonds. The van der Waals surface area contributed by atoms with Crippen molar-refractivity contribution >= 4 is 21.0 Å². The van der Waals surface area contributed by atoms with E-state index in [0.717, 1.165) is 0 Å². The Kier molecular flexibility index (Phi) is 9.00. The normalized spacial score (nSPS) is 11.8. The molecule has 0 aliphatic carbocycles. The number of allylic oxidation sites excluding steroid dienone is 1. The maximum absolute atomic E-state index is 10.7. The molecule has 0 heterocycles. The average Bonchev–Trinajstić information content (AvgIpc) is 2.11. The number of hydrogen-bond acceptors (Lipinski definition) is 3. The molecule has 0 N–H and O–H groups in total. The molecule has 0 radical (unpaired) electrons. The van der Waals surface area contributed by atoms with E-state index in [1.807, 2.05) is 0 Å². The summed E-state index contributed by atoms with van der Waals surface area (Å²) in [6.07, 6.45) is 0. The van der Waals surface area contributed by atoms with E-state index in [0.29, 0.717) is 10.9 Å². The first-order valence-corrected chi connectivity index (χ1v) is 7.82. The summed E-state index contributed by atoms with van der Waals surface area (Å²) in [6, 6.07) is 0. The van der Waals surface area contributed by atoms with Crippen molar-refractivity contribution in [1.29, 1.82) is 0 Å². The van der Waals surface area contributed by atoms with E-state index in [4.69, 9.17) is 13.0 Å². The van der Waals surface area contributed by atoms with Crippen LogP contribution in [0.3, 0.4) is 0 Å². The van der Waals surface area contributed by atoms with Gasteiger partial charge in [-0.05, 0) is 33.3 Å². The van der Waals surface area contributed by atoms with Crippen LogP contribution in [0.25, 0.3) is 0 Å². The monoisotopic (exact) mass is 294 g/mol. The fourth-order valence-electron chi connectivity index (χ4n) is 0.704. The third-order valence-corrected chi connectivity index (χ3v) is 4.28. The first-order chi connectivity index (χ1) is 7.45. The predicted octanol–water partition coefficient (Wildman–Crippen LogP) is 2.62. The molecule has 0 spiro atoms. The van der Waals surface area contributed by atoms with Gasteiger partial charge in [0, 0.05) is 10.9 Å². The molecule has 0 aromatic carbocycles. The van der Waals surface area contributed by atoms with E-state index >= 15 is 0 Å². The molecular weight excluding hydrogens is 277 g/mol. The second-order valence-corrected chi connectivity index (χ2v) is 7.05. The van der Waals surface area contributed by atoms with E-state index in [9.17, 15) is 13.2 Å². The summed E-state index contributed by atoms with van der Waals surface area (Å²) in [5, 5.41) is 2.39. The predicted molar refractivity (Wildman–Crippen MR) is 63.6 cm³/mol. The lowest BCUT2D eigenvalue weighted by atomic mass is 10.4. The Balaban J connectivity index is 0. The van der Waals surface area contributed by atoms with Gasteiger partial charge in [-0.25, -0.2) is 8.42 Å². The molecule has 17 heavy (non-hydrogen) atoms. The van der Waals surface area contributed by atoms with Crippen LogP contribution in [0.1, 0.15) is 27.7 Å². The molecule has 0 unspecified atom stereocenters. The molecule has 0 fully saturated rings. The van der Waals surface area contributed by atoms with Gasteiger partial charge in [-0.3, -0.25) is 0 Å². The molecule has 104 valence electrons. The quantitative estimate of drug-likeness (QED) is 0.457. The largest absolute Gasteiger partial charge is 0.741 e. The summed E-state index contributed by atoms with van der Waals surface area (Å²) < 4.78 is 58.9. The Labute approximate surface area is 103 Å². The van der Waals surface area contributed by atoms with E-state index < -0.39 is 15.6 Å². The van der Waals surface area contributed by atoms with Gasteiger partial charge >= 0.3 is 5.51 Å². The smallest absolute Gasteiger partial charge is 0.485 e. The molecule has 8 heteroatoms. The van der Waals surface area contributed by atoms with Gasteiger partial charge in [0.1, 0.15) is 16.9 Å². The molecular formula is C9H17F3O3S2. The van der Waals surface area contributed by atoms with Crippen molar-refractivity contribution in [3.8, 4) is 0 Å². The Hall–Kier alpha value is -0.210. The molecule has 0 rings (SSSR count). The zero-order valence-corrected chi connectivity index (χ0v) is 11.8. The van der Waals surface area contributed by atoms with Gasteiger partial charge in [-0.2, -0.15) is 13.2 Å². The highest BCUT2D eigenvalue weighted by atomic mass is 32.2. The second-order valence-electron chi connectivity index (χ2n) is 3.21. The van der Waals surface area contributed by atoms with Gasteiger partial charge < -0.3 is 4.55 Å². The number of halogens is 3. The average molecular weight is 294 g/mol. The Bertz CT molecular complexity index is 326. The first kappa shape index (κ1) is 19.1. The van der Waals surface area contributed by atoms with Crippen LogP contribution in [-0.2, 0) is 21.0 Å². The minimum absolute atomic E-state index is 0.569. The lowest BCUT2D eigenvalue weighted by Crippen LogP contribution is -2.21. The molecule has 0 saturated carbocycles. The van der Waals surface area contributed by atoms with Crippen molar-refractivity contribution in [2.24, 2.45) is 0 Å². The molecule has 0 saturated heterocycles. The molecule has 0 bridgehead atoms. The standard InChI is InChI=1S/C8H17S.CHF3O3S/c1-5-9(6-2)7-8(3)4;2-1(3,4)8(5,6)7/h7H,5-6H2,1-4H3;(H,5,6,7)/q+1;/p-1. The second kappa shape index (κ2) is 7.99. The Morgan fingerprint density at radius 2 is 1.53 bits per heavy atom. The van der Waals surface area contributed by atoms with Crippen molar-refractivity contribution in [3.05, 3.63) is 11.0 Å².